The molecule has 24 heavy (non-hydrogen) atoms. The number of alkyl halides is 5. The third-order valence-corrected chi connectivity index (χ3v) is 2.99. The van der Waals surface area contributed by atoms with Crippen LogP contribution in [0.3, 0.4) is 0 Å². The summed E-state index contributed by atoms with van der Waals surface area (Å²) in [5.41, 5.74) is -2.18. The summed E-state index contributed by atoms with van der Waals surface area (Å²) in [5, 5.41) is 11.7. The highest BCUT2D eigenvalue weighted by Gasteiger charge is 2.40. The van der Waals surface area contributed by atoms with E-state index in [0.29, 0.717) is 24.3 Å². The molecule has 1 aromatic heterocycles. The van der Waals surface area contributed by atoms with E-state index < -0.39 is 47.3 Å². The van der Waals surface area contributed by atoms with Gasteiger partial charge in [-0.3, -0.25) is 0 Å². The van der Waals surface area contributed by atoms with Crippen molar-refractivity contribution < 1.29 is 36.4 Å². The number of carboxylic acids is 1. The summed E-state index contributed by atoms with van der Waals surface area (Å²) in [4.78, 5) is 14.0. The largest absolute Gasteiger partial charge is 0.478 e. The SMILES string of the molecule is C=C(Cc1nc(C(F)(F)c2ccc(C(F)(F)F)cc2)no1)C(=O)O. The number of hydrogen-bond donors (Lipinski definition) is 1. The van der Waals surface area contributed by atoms with E-state index in [-0.39, 0.29) is 5.57 Å². The molecule has 0 aliphatic heterocycles. The number of aliphatic carboxylic acids is 1. The predicted octanol–water partition coefficient (Wildman–Crippen LogP) is 3.41. The highest BCUT2D eigenvalue weighted by atomic mass is 19.4. The molecular weight excluding hydrogens is 339 g/mol. The van der Waals surface area contributed by atoms with Crippen molar-refractivity contribution in [1.29, 1.82) is 0 Å². The van der Waals surface area contributed by atoms with Crippen LogP contribution in [-0.2, 0) is 23.3 Å². The quantitative estimate of drug-likeness (QED) is 0.662. The Labute approximate surface area is 131 Å². The second kappa shape index (κ2) is 6.02. The van der Waals surface area contributed by atoms with Crippen LogP contribution in [0.4, 0.5) is 22.0 Å². The minimum absolute atomic E-state index is 0.344. The highest BCUT2D eigenvalue weighted by molar-refractivity contribution is 5.86. The lowest BCUT2D eigenvalue weighted by atomic mass is 10.1. The number of carbonyl (C=O) groups is 1. The van der Waals surface area contributed by atoms with E-state index >= 15 is 0 Å². The smallest absolute Gasteiger partial charge is 0.416 e. The third-order valence-electron chi connectivity index (χ3n) is 2.99. The second-order valence-corrected chi connectivity index (χ2v) is 4.75. The topological polar surface area (TPSA) is 76.2 Å². The molecule has 0 spiro atoms. The van der Waals surface area contributed by atoms with E-state index in [1.807, 2.05) is 0 Å². The van der Waals surface area contributed by atoms with Crippen molar-refractivity contribution in [2.45, 2.75) is 18.5 Å². The lowest BCUT2D eigenvalue weighted by molar-refractivity contribution is -0.137. The Morgan fingerprint density at radius 3 is 2.17 bits per heavy atom. The first kappa shape index (κ1) is 17.6. The maximum absolute atomic E-state index is 14.2. The van der Waals surface area contributed by atoms with Crippen LogP contribution in [0, 0.1) is 0 Å². The average Bonchev–Trinajstić information content (AvgIpc) is 2.95. The number of benzene rings is 1. The van der Waals surface area contributed by atoms with Gasteiger partial charge in [-0.05, 0) is 12.1 Å². The zero-order valence-electron chi connectivity index (χ0n) is 11.8. The summed E-state index contributed by atoms with van der Waals surface area (Å²) < 4.78 is 70.3. The monoisotopic (exact) mass is 348 g/mol. The van der Waals surface area contributed by atoms with Crippen LogP contribution in [0.25, 0.3) is 0 Å². The molecule has 0 fully saturated rings. The zero-order valence-corrected chi connectivity index (χ0v) is 11.8. The predicted molar refractivity (Wildman–Crippen MR) is 69.2 cm³/mol. The van der Waals surface area contributed by atoms with Crippen LogP contribution in [0.2, 0.25) is 0 Å². The molecule has 1 aromatic carbocycles. The molecule has 0 aliphatic rings. The Balaban J connectivity index is 2.25. The van der Waals surface area contributed by atoms with Crippen molar-refractivity contribution in [3.05, 3.63) is 59.3 Å². The minimum Gasteiger partial charge on any atom is -0.478 e. The van der Waals surface area contributed by atoms with Gasteiger partial charge in [0, 0.05) is 11.1 Å². The summed E-state index contributed by atoms with van der Waals surface area (Å²) in [6, 6.07) is 2.23. The van der Waals surface area contributed by atoms with Crippen LogP contribution >= 0.6 is 0 Å². The molecule has 0 saturated carbocycles. The molecule has 0 atom stereocenters. The summed E-state index contributed by atoms with van der Waals surface area (Å²) in [5.74, 6) is -6.65. The molecule has 2 rings (SSSR count). The van der Waals surface area contributed by atoms with Crippen molar-refractivity contribution >= 4 is 5.97 Å². The van der Waals surface area contributed by atoms with E-state index in [0.717, 1.165) is 0 Å². The van der Waals surface area contributed by atoms with Gasteiger partial charge >= 0.3 is 18.1 Å². The van der Waals surface area contributed by atoms with Crippen molar-refractivity contribution in [2.24, 2.45) is 0 Å². The first-order valence-corrected chi connectivity index (χ1v) is 6.31. The summed E-state index contributed by atoms with van der Waals surface area (Å²) in [6.07, 6.45) is -5.09. The van der Waals surface area contributed by atoms with Crippen LogP contribution < -0.4 is 0 Å². The molecule has 0 bridgehead atoms. The highest BCUT2D eigenvalue weighted by Crippen LogP contribution is 2.36. The van der Waals surface area contributed by atoms with E-state index in [9.17, 15) is 26.7 Å². The first-order chi connectivity index (χ1) is 11.0. The van der Waals surface area contributed by atoms with Gasteiger partial charge in [-0.25, -0.2) is 4.79 Å². The molecule has 0 amide bonds. The van der Waals surface area contributed by atoms with E-state index in [1.165, 1.54) is 0 Å². The fourth-order valence-electron chi connectivity index (χ4n) is 1.71. The molecular formula is C14H9F5N2O3. The molecule has 10 heteroatoms. The third kappa shape index (κ3) is 3.58. The lowest BCUT2D eigenvalue weighted by Crippen LogP contribution is -2.18. The van der Waals surface area contributed by atoms with E-state index in [2.05, 4.69) is 21.2 Å². The van der Waals surface area contributed by atoms with Crippen LogP contribution in [0.1, 0.15) is 22.8 Å². The second-order valence-electron chi connectivity index (χ2n) is 4.75. The summed E-state index contributed by atoms with van der Waals surface area (Å²) in [6.45, 7) is 3.19. The molecule has 1 heterocycles. The van der Waals surface area contributed by atoms with Crippen molar-refractivity contribution in [3.63, 3.8) is 0 Å². The molecule has 128 valence electrons. The van der Waals surface area contributed by atoms with Crippen LogP contribution in [0.5, 0.6) is 0 Å². The molecule has 1 N–H and O–H groups in total. The number of hydrogen-bond acceptors (Lipinski definition) is 4. The standard InChI is InChI=1S/C14H9F5N2O3/c1-7(11(22)23)6-10-20-12(21-24-10)13(15,16)8-2-4-9(5-3-8)14(17,18)19/h2-5H,1,6H2,(H,22,23). The van der Waals surface area contributed by atoms with Gasteiger partial charge in [-0.1, -0.05) is 23.9 Å². The molecule has 0 radical (unpaired) electrons. The number of rotatable bonds is 5. The molecule has 0 unspecified atom stereocenters. The zero-order chi connectivity index (χ0) is 18.1. The van der Waals surface area contributed by atoms with Gasteiger partial charge in [0.05, 0.1) is 12.0 Å². The minimum atomic E-state index is -4.65. The van der Waals surface area contributed by atoms with Gasteiger partial charge in [-0.2, -0.15) is 26.9 Å². The van der Waals surface area contributed by atoms with Crippen molar-refractivity contribution in [1.82, 2.24) is 10.1 Å². The summed E-state index contributed by atoms with van der Waals surface area (Å²) >= 11 is 0. The Morgan fingerprint density at radius 2 is 1.67 bits per heavy atom. The van der Waals surface area contributed by atoms with E-state index in [4.69, 9.17) is 5.11 Å². The number of halogens is 5. The Bertz CT molecular complexity index is 765. The Morgan fingerprint density at radius 1 is 1.12 bits per heavy atom. The van der Waals surface area contributed by atoms with E-state index in [1.54, 1.807) is 0 Å². The Hall–Kier alpha value is -2.78. The van der Waals surface area contributed by atoms with Gasteiger partial charge in [-0.15, -0.1) is 0 Å². The fraction of sp³-hybridized carbons (Fsp3) is 0.214. The van der Waals surface area contributed by atoms with Crippen molar-refractivity contribution in [2.75, 3.05) is 0 Å². The maximum atomic E-state index is 14.2. The molecule has 5 nitrogen and oxygen atoms in total. The fourth-order valence-corrected chi connectivity index (χ4v) is 1.71. The Kier molecular flexibility index (Phi) is 4.41. The van der Waals surface area contributed by atoms with Gasteiger partial charge in [0.15, 0.2) is 0 Å². The van der Waals surface area contributed by atoms with Crippen LogP contribution in [-0.4, -0.2) is 21.2 Å². The lowest BCUT2D eigenvalue weighted by Gasteiger charge is -2.13. The molecule has 2 aromatic rings. The van der Waals surface area contributed by atoms with Gasteiger partial charge < -0.3 is 9.63 Å². The molecule has 0 aliphatic carbocycles. The maximum Gasteiger partial charge on any atom is 0.416 e. The average molecular weight is 348 g/mol. The number of aromatic nitrogens is 2. The van der Waals surface area contributed by atoms with Gasteiger partial charge in [0.1, 0.15) is 0 Å². The summed E-state index contributed by atoms with van der Waals surface area (Å²) in [7, 11) is 0. The normalized spacial score (nSPS) is 12.2. The van der Waals surface area contributed by atoms with Gasteiger partial charge in [0.2, 0.25) is 11.7 Å². The number of nitrogens with zero attached hydrogens (tertiary/aromatic N) is 2. The van der Waals surface area contributed by atoms with Crippen LogP contribution in [0.15, 0.2) is 40.9 Å². The first-order valence-electron chi connectivity index (χ1n) is 6.31. The van der Waals surface area contributed by atoms with Crippen molar-refractivity contribution in [3.8, 4) is 0 Å². The molecule has 0 saturated heterocycles. The number of carboxylic acid groups (broad SMARTS) is 1. The van der Waals surface area contributed by atoms with Gasteiger partial charge in [0.25, 0.3) is 0 Å².